The highest BCUT2D eigenvalue weighted by atomic mass is 79.9. The predicted octanol–water partition coefficient (Wildman–Crippen LogP) is 3.29. The van der Waals surface area contributed by atoms with Gasteiger partial charge in [-0.1, -0.05) is 11.6 Å². The maximum atomic E-state index is 6.00. The zero-order valence-electron chi connectivity index (χ0n) is 9.34. The van der Waals surface area contributed by atoms with Crippen LogP contribution in [-0.4, -0.2) is 25.7 Å². The van der Waals surface area contributed by atoms with E-state index in [-0.39, 0.29) is 0 Å². The van der Waals surface area contributed by atoms with Gasteiger partial charge in [-0.3, -0.25) is 0 Å². The van der Waals surface area contributed by atoms with Crippen LogP contribution in [0.4, 0.5) is 5.69 Å². The molecule has 0 saturated carbocycles. The highest BCUT2D eigenvalue weighted by molar-refractivity contribution is 9.10. The quantitative estimate of drug-likeness (QED) is 0.856. The molecule has 0 bridgehead atoms. The zero-order chi connectivity index (χ0) is 11.5. The van der Waals surface area contributed by atoms with E-state index in [2.05, 4.69) is 45.2 Å². The van der Waals surface area contributed by atoms with Crippen molar-refractivity contribution in [1.29, 1.82) is 0 Å². The van der Waals surface area contributed by atoms with Crippen LogP contribution in [0.15, 0.2) is 22.7 Å². The van der Waals surface area contributed by atoms with E-state index >= 15 is 0 Å². The van der Waals surface area contributed by atoms with Crippen LogP contribution < -0.4 is 10.2 Å². The summed E-state index contributed by atoms with van der Waals surface area (Å²) in [6, 6.07) is 6.74. The summed E-state index contributed by atoms with van der Waals surface area (Å²) in [4.78, 5) is 2.40. The Labute approximate surface area is 110 Å². The normalized spacial score (nSPS) is 21.9. The van der Waals surface area contributed by atoms with E-state index in [1.54, 1.807) is 0 Å². The Morgan fingerprint density at radius 3 is 3.00 bits per heavy atom. The number of anilines is 1. The molecule has 2 nitrogen and oxygen atoms in total. The van der Waals surface area contributed by atoms with Gasteiger partial charge in [0.1, 0.15) is 0 Å². The summed E-state index contributed by atoms with van der Waals surface area (Å²) in [5, 5.41) is 4.26. The first-order chi connectivity index (χ1) is 7.66. The lowest BCUT2D eigenvalue weighted by molar-refractivity contribution is 0.566. The molecule has 1 saturated heterocycles. The van der Waals surface area contributed by atoms with Crippen molar-refractivity contribution in [2.24, 2.45) is 0 Å². The Bertz CT molecular complexity index is 370. The Morgan fingerprint density at radius 1 is 1.44 bits per heavy atom. The van der Waals surface area contributed by atoms with E-state index in [1.807, 2.05) is 6.07 Å². The summed E-state index contributed by atoms with van der Waals surface area (Å²) in [5.41, 5.74) is 1.24. The minimum Gasteiger partial charge on any atom is -0.370 e. The number of rotatable bonds is 1. The molecule has 1 atom stereocenters. The van der Waals surface area contributed by atoms with E-state index in [0.717, 1.165) is 29.1 Å². The van der Waals surface area contributed by atoms with E-state index in [1.165, 1.54) is 12.1 Å². The molecule has 1 aromatic carbocycles. The van der Waals surface area contributed by atoms with Crippen molar-refractivity contribution in [2.75, 3.05) is 24.5 Å². The van der Waals surface area contributed by atoms with Crippen LogP contribution >= 0.6 is 27.5 Å². The lowest BCUT2D eigenvalue weighted by Crippen LogP contribution is -2.28. The molecule has 4 heteroatoms. The SMILES string of the molecule is CC1CCN(c2ccc(Cl)c(Br)c2)CCN1. The smallest absolute Gasteiger partial charge is 0.0549 e. The summed E-state index contributed by atoms with van der Waals surface area (Å²) in [7, 11) is 0. The van der Waals surface area contributed by atoms with E-state index in [9.17, 15) is 0 Å². The van der Waals surface area contributed by atoms with Crippen LogP contribution in [0, 0.1) is 0 Å². The van der Waals surface area contributed by atoms with Crippen molar-refractivity contribution >= 4 is 33.2 Å². The molecule has 2 rings (SSSR count). The van der Waals surface area contributed by atoms with Crippen molar-refractivity contribution in [3.8, 4) is 0 Å². The molecule has 1 aliphatic heterocycles. The Kier molecular flexibility index (Phi) is 4.11. The van der Waals surface area contributed by atoms with Crippen LogP contribution in [-0.2, 0) is 0 Å². The molecule has 0 amide bonds. The standard InChI is InChI=1S/C12H16BrClN2/c1-9-4-6-16(7-5-15-9)10-2-3-12(14)11(13)8-10/h2-3,8-9,15H,4-7H2,1H3. The number of hydrogen-bond donors (Lipinski definition) is 1. The number of benzene rings is 1. The average molecular weight is 304 g/mol. The van der Waals surface area contributed by atoms with Crippen molar-refractivity contribution in [1.82, 2.24) is 5.32 Å². The van der Waals surface area contributed by atoms with Crippen molar-refractivity contribution in [3.05, 3.63) is 27.7 Å². The molecule has 1 aliphatic rings. The molecule has 16 heavy (non-hydrogen) atoms. The molecule has 0 radical (unpaired) electrons. The maximum Gasteiger partial charge on any atom is 0.0549 e. The third-order valence-electron chi connectivity index (χ3n) is 2.97. The van der Waals surface area contributed by atoms with Gasteiger partial charge in [0.2, 0.25) is 0 Å². The van der Waals surface area contributed by atoms with Crippen molar-refractivity contribution in [2.45, 2.75) is 19.4 Å². The summed E-state index contributed by atoms with van der Waals surface area (Å²) < 4.78 is 0.969. The van der Waals surface area contributed by atoms with Gasteiger partial charge < -0.3 is 10.2 Å². The Hall–Kier alpha value is -0.250. The molecule has 1 fully saturated rings. The monoisotopic (exact) mass is 302 g/mol. The van der Waals surface area contributed by atoms with Gasteiger partial charge in [-0.15, -0.1) is 0 Å². The molecular weight excluding hydrogens is 288 g/mol. The van der Waals surface area contributed by atoms with Gasteiger partial charge in [0.25, 0.3) is 0 Å². The minimum atomic E-state index is 0.612. The third-order valence-corrected chi connectivity index (χ3v) is 4.19. The predicted molar refractivity (Wildman–Crippen MR) is 73.4 cm³/mol. The highest BCUT2D eigenvalue weighted by Crippen LogP contribution is 2.28. The topological polar surface area (TPSA) is 15.3 Å². The van der Waals surface area contributed by atoms with Gasteiger partial charge in [-0.2, -0.15) is 0 Å². The highest BCUT2D eigenvalue weighted by Gasteiger charge is 2.13. The second-order valence-corrected chi connectivity index (χ2v) is 5.49. The molecule has 1 heterocycles. The third kappa shape index (κ3) is 2.90. The van der Waals surface area contributed by atoms with Gasteiger partial charge >= 0.3 is 0 Å². The lowest BCUT2D eigenvalue weighted by atomic mass is 10.2. The molecule has 1 unspecified atom stereocenters. The zero-order valence-corrected chi connectivity index (χ0v) is 11.7. The van der Waals surface area contributed by atoms with Crippen molar-refractivity contribution in [3.63, 3.8) is 0 Å². The number of nitrogens with one attached hydrogen (secondary N) is 1. The molecule has 0 spiro atoms. The molecule has 0 aliphatic carbocycles. The first kappa shape index (κ1) is 12.2. The number of hydrogen-bond acceptors (Lipinski definition) is 2. The Morgan fingerprint density at radius 2 is 2.25 bits per heavy atom. The Balaban J connectivity index is 2.13. The lowest BCUT2D eigenvalue weighted by Gasteiger charge is -2.22. The van der Waals surface area contributed by atoms with Gasteiger partial charge in [0.15, 0.2) is 0 Å². The summed E-state index contributed by atoms with van der Waals surface area (Å²) in [6.07, 6.45) is 1.18. The second-order valence-electron chi connectivity index (χ2n) is 4.23. The molecule has 0 aromatic heterocycles. The maximum absolute atomic E-state index is 6.00. The molecular formula is C12H16BrClN2. The fourth-order valence-electron chi connectivity index (χ4n) is 1.95. The average Bonchev–Trinajstić information content (AvgIpc) is 2.47. The van der Waals surface area contributed by atoms with Gasteiger partial charge in [0, 0.05) is 35.8 Å². The van der Waals surface area contributed by atoms with Crippen molar-refractivity contribution < 1.29 is 0 Å². The fourth-order valence-corrected chi connectivity index (χ4v) is 2.43. The fraction of sp³-hybridized carbons (Fsp3) is 0.500. The summed E-state index contributed by atoms with van der Waals surface area (Å²) in [5.74, 6) is 0. The van der Waals surface area contributed by atoms with Gasteiger partial charge in [0.05, 0.1) is 5.02 Å². The van der Waals surface area contributed by atoms with Gasteiger partial charge in [-0.05, 0) is 47.5 Å². The van der Waals surface area contributed by atoms with Crippen LogP contribution in [0.5, 0.6) is 0 Å². The van der Waals surface area contributed by atoms with E-state index in [0.29, 0.717) is 6.04 Å². The van der Waals surface area contributed by atoms with Crippen LogP contribution in [0.3, 0.4) is 0 Å². The van der Waals surface area contributed by atoms with Crippen LogP contribution in [0.2, 0.25) is 5.02 Å². The van der Waals surface area contributed by atoms with Crippen LogP contribution in [0.25, 0.3) is 0 Å². The summed E-state index contributed by atoms with van der Waals surface area (Å²) >= 11 is 9.47. The van der Waals surface area contributed by atoms with E-state index in [4.69, 9.17) is 11.6 Å². The number of halogens is 2. The minimum absolute atomic E-state index is 0.612. The molecule has 1 aromatic rings. The first-order valence-corrected chi connectivity index (χ1v) is 6.77. The first-order valence-electron chi connectivity index (χ1n) is 5.60. The largest absolute Gasteiger partial charge is 0.370 e. The molecule has 1 N–H and O–H groups in total. The molecule has 88 valence electrons. The van der Waals surface area contributed by atoms with Crippen LogP contribution in [0.1, 0.15) is 13.3 Å². The summed E-state index contributed by atoms with van der Waals surface area (Å²) in [6.45, 7) is 5.43. The van der Waals surface area contributed by atoms with Gasteiger partial charge in [-0.25, -0.2) is 0 Å². The number of nitrogens with zero attached hydrogens (tertiary/aromatic N) is 1. The van der Waals surface area contributed by atoms with E-state index < -0.39 is 0 Å². The second kappa shape index (κ2) is 5.39.